The van der Waals surface area contributed by atoms with E-state index in [1.54, 1.807) is 30.3 Å². The fourth-order valence-corrected chi connectivity index (χ4v) is 2.41. The third-order valence-electron chi connectivity index (χ3n) is 2.96. The summed E-state index contributed by atoms with van der Waals surface area (Å²) >= 11 is 3.38. The van der Waals surface area contributed by atoms with Crippen molar-refractivity contribution in [1.29, 1.82) is 0 Å². The summed E-state index contributed by atoms with van der Waals surface area (Å²) in [6.45, 7) is 0. The summed E-state index contributed by atoms with van der Waals surface area (Å²) in [7, 11) is 0. The average Bonchev–Trinajstić information content (AvgIpc) is 2.46. The molecule has 21 heavy (non-hydrogen) atoms. The molecule has 5 heteroatoms. The molecule has 0 fully saturated rings. The Morgan fingerprint density at radius 3 is 2.67 bits per heavy atom. The quantitative estimate of drug-likeness (QED) is 0.761. The maximum Gasteiger partial charge on any atom is 0.336 e. The van der Waals surface area contributed by atoms with Gasteiger partial charge in [0, 0.05) is 15.9 Å². The van der Waals surface area contributed by atoms with Crippen molar-refractivity contribution >= 4 is 32.8 Å². The Bertz CT molecular complexity index is 833. The highest BCUT2D eigenvalue weighted by Crippen LogP contribution is 2.26. The first-order chi connectivity index (χ1) is 10.1. The predicted octanol–water partition coefficient (Wildman–Crippen LogP) is 4.49. The van der Waals surface area contributed by atoms with E-state index in [1.165, 1.54) is 0 Å². The van der Waals surface area contributed by atoms with Gasteiger partial charge in [-0.15, -0.1) is 0 Å². The van der Waals surface area contributed by atoms with E-state index in [1.807, 2.05) is 24.3 Å². The molecule has 3 rings (SSSR count). The van der Waals surface area contributed by atoms with E-state index in [9.17, 15) is 4.79 Å². The van der Waals surface area contributed by atoms with E-state index in [0.717, 1.165) is 4.47 Å². The van der Waals surface area contributed by atoms with Gasteiger partial charge in [0.2, 0.25) is 5.88 Å². The number of carboxylic acid groups (broad SMARTS) is 1. The summed E-state index contributed by atoms with van der Waals surface area (Å²) in [5, 5.41) is 9.74. The molecule has 1 N–H and O–H groups in total. The van der Waals surface area contributed by atoms with Crippen LogP contribution >= 0.6 is 15.9 Å². The van der Waals surface area contributed by atoms with Crippen LogP contribution in [0, 0.1) is 0 Å². The number of rotatable bonds is 3. The third-order valence-corrected chi connectivity index (χ3v) is 3.45. The van der Waals surface area contributed by atoms with E-state index >= 15 is 0 Å². The molecule has 2 aromatic carbocycles. The molecular formula is C16H10BrNO3. The second-order valence-corrected chi connectivity index (χ2v) is 5.30. The number of hydrogen-bond acceptors (Lipinski definition) is 3. The lowest BCUT2D eigenvalue weighted by molar-refractivity contribution is 0.0699. The highest BCUT2D eigenvalue weighted by atomic mass is 79.9. The zero-order valence-corrected chi connectivity index (χ0v) is 12.4. The Balaban J connectivity index is 2.00. The number of carbonyl (C=O) groups is 1. The van der Waals surface area contributed by atoms with Crippen LogP contribution in [0.1, 0.15) is 10.4 Å². The number of pyridine rings is 1. The number of fused-ring (bicyclic) bond motifs is 1. The number of nitrogens with zero attached hydrogens (tertiary/aromatic N) is 1. The highest BCUT2D eigenvalue weighted by molar-refractivity contribution is 9.10. The van der Waals surface area contributed by atoms with Gasteiger partial charge in [0.15, 0.2) is 0 Å². The van der Waals surface area contributed by atoms with Gasteiger partial charge in [-0.2, -0.15) is 0 Å². The van der Waals surface area contributed by atoms with Crippen LogP contribution in [0.5, 0.6) is 11.6 Å². The number of halogens is 1. The number of carboxylic acids is 1. The predicted molar refractivity (Wildman–Crippen MR) is 82.9 cm³/mol. The Labute approximate surface area is 129 Å². The summed E-state index contributed by atoms with van der Waals surface area (Å²) in [6.07, 6.45) is 0. The second kappa shape index (κ2) is 5.54. The van der Waals surface area contributed by atoms with Crippen molar-refractivity contribution < 1.29 is 14.6 Å². The van der Waals surface area contributed by atoms with Crippen molar-refractivity contribution in [2.24, 2.45) is 0 Å². The van der Waals surface area contributed by atoms with Gasteiger partial charge >= 0.3 is 5.97 Å². The fourth-order valence-electron chi connectivity index (χ4n) is 2.03. The standard InChI is InChI=1S/C16H10BrNO3/c17-10-3-1-4-11(9-10)21-15-8-7-12-13(16(19)20)5-2-6-14(12)18-15/h1-9H,(H,19,20). The lowest BCUT2D eigenvalue weighted by Gasteiger charge is -2.07. The van der Waals surface area contributed by atoms with Gasteiger partial charge in [0.05, 0.1) is 11.1 Å². The molecule has 0 atom stereocenters. The molecule has 104 valence electrons. The smallest absolute Gasteiger partial charge is 0.336 e. The summed E-state index contributed by atoms with van der Waals surface area (Å²) in [6, 6.07) is 15.8. The van der Waals surface area contributed by atoms with Gasteiger partial charge in [-0.3, -0.25) is 0 Å². The van der Waals surface area contributed by atoms with Crippen molar-refractivity contribution in [2.75, 3.05) is 0 Å². The molecule has 0 saturated carbocycles. The maximum absolute atomic E-state index is 11.2. The molecule has 4 nitrogen and oxygen atoms in total. The average molecular weight is 344 g/mol. The monoisotopic (exact) mass is 343 g/mol. The van der Waals surface area contributed by atoms with E-state index < -0.39 is 5.97 Å². The molecule has 1 heterocycles. The molecule has 0 aliphatic rings. The van der Waals surface area contributed by atoms with Gasteiger partial charge < -0.3 is 9.84 Å². The number of hydrogen-bond donors (Lipinski definition) is 1. The molecule has 0 bridgehead atoms. The molecule has 0 amide bonds. The van der Waals surface area contributed by atoms with Crippen molar-refractivity contribution in [3.05, 3.63) is 64.6 Å². The molecule has 3 aromatic rings. The van der Waals surface area contributed by atoms with Crippen molar-refractivity contribution in [2.45, 2.75) is 0 Å². The SMILES string of the molecule is O=C(O)c1cccc2nc(Oc3cccc(Br)c3)ccc12. The lowest BCUT2D eigenvalue weighted by atomic mass is 10.1. The number of aromatic carboxylic acids is 1. The molecule has 0 aliphatic heterocycles. The van der Waals surface area contributed by atoms with Gasteiger partial charge in [0.1, 0.15) is 5.75 Å². The van der Waals surface area contributed by atoms with E-state index in [2.05, 4.69) is 20.9 Å². The van der Waals surface area contributed by atoms with Crippen LogP contribution in [0.15, 0.2) is 59.1 Å². The Morgan fingerprint density at radius 2 is 1.90 bits per heavy atom. The minimum Gasteiger partial charge on any atom is -0.478 e. The Kier molecular flexibility index (Phi) is 3.58. The molecule has 0 spiro atoms. The van der Waals surface area contributed by atoms with E-state index in [0.29, 0.717) is 22.5 Å². The first-order valence-electron chi connectivity index (χ1n) is 6.20. The number of benzene rings is 2. The van der Waals surface area contributed by atoms with Crippen LogP contribution < -0.4 is 4.74 Å². The van der Waals surface area contributed by atoms with Crippen LogP contribution in [-0.4, -0.2) is 16.1 Å². The van der Waals surface area contributed by atoms with Crippen LogP contribution in [0.4, 0.5) is 0 Å². The van der Waals surface area contributed by atoms with Crippen molar-refractivity contribution in [1.82, 2.24) is 4.98 Å². The minimum atomic E-state index is -0.969. The van der Waals surface area contributed by atoms with Gasteiger partial charge in [0.25, 0.3) is 0 Å². The zero-order valence-electron chi connectivity index (χ0n) is 10.8. The summed E-state index contributed by atoms with van der Waals surface area (Å²) in [4.78, 5) is 15.5. The number of ether oxygens (including phenoxy) is 1. The second-order valence-electron chi connectivity index (χ2n) is 4.39. The zero-order chi connectivity index (χ0) is 14.8. The van der Waals surface area contributed by atoms with Crippen LogP contribution in [0.3, 0.4) is 0 Å². The van der Waals surface area contributed by atoms with Gasteiger partial charge in [-0.05, 0) is 36.4 Å². The maximum atomic E-state index is 11.2. The Hall–Kier alpha value is -2.40. The molecule has 1 aromatic heterocycles. The van der Waals surface area contributed by atoms with Crippen LogP contribution in [-0.2, 0) is 0 Å². The van der Waals surface area contributed by atoms with Crippen LogP contribution in [0.25, 0.3) is 10.9 Å². The molecule has 0 unspecified atom stereocenters. The molecule has 0 aliphatic carbocycles. The first-order valence-corrected chi connectivity index (χ1v) is 6.99. The van der Waals surface area contributed by atoms with Crippen molar-refractivity contribution in [3.8, 4) is 11.6 Å². The normalized spacial score (nSPS) is 10.5. The van der Waals surface area contributed by atoms with Gasteiger partial charge in [-0.1, -0.05) is 28.1 Å². The number of aromatic nitrogens is 1. The molecule has 0 radical (unpaired) electrons. The summed E-state index contributed by atoms with van der Waals surface area (Å²) < 4.78 is 6.59. The highest BCUT2D eigenvalue weighted by Gasteiger charge is 2.09. The molecular weight excluding hydrogens is 334 g/mol. The van der Waals surface area contributed by atoms with Gasteiger partial charge in [-0.25, -0.2) is 9.78 Å². The van der Waals surface area contributed by atoms with Crippen LogP contribution in [0.2, 0.25) is 0 Å². The fraction of sp³-hybridized carbons (Fsp3) is 0. The lowest BCUT2D eigenvalue weighted by Crippen LogP contribution is -1.98. The summed E-state index contributed by atoms with van der Waals surface area (Å²) in [5.74, 6) is 0.108. The van der Waals surface area contributed by atoms with Crippen molar-refractivity contribution in [3.63, 3.8) is 0 Å². The van der Waals surface area contributed by atoms with E-state index in [-0.39, 0.29) is 5.56 Å². The first kappa shape index (κ1) is 13.6. The third kappa shape index (κ3) is 2.87. The Morgan fingerprint density at radius 1 is 1.10 bits per heavy atom. The summed E-state index contributed by atoms with van der Waals surface area (Å²) in [5.41, 5.74) is 0.816. The van der Waals surface area contributed by atoms with E-state index in [4.69, 9.17) is 9.84 Å². The minimum absolute atomic E-state index is 0.231. The molecule has 0 saturated heterocycles. The largest absolute Gasteiger partial charge is 0.478 e. The topological polar surface area (TPSA) is 59.4 Å².